The van der Waals surface area contributed by atoms with E-state index >= 15 is 0 Å². The van der Waals surface area contributed by atoms with E-state index in [1.807, 2.05) is 0 Å². The number of aryl methyl sites for hydroxylation is 6. The number of hydrogen-bond acceptors (Lipinski definition) is 3. The number of benzene rings is 2. The van der Waals surface area contributed by atoms with Crippen LogP contribution in [0.4, 0.5) is 11.4 Å². The van der Waals surface area contributed by atoms with E-state index in [9.17, 15) is 0 Å². The van der Waals surface area contributed by atoms with Gasteiger partial charge in [-0.1, -0.05) is 35.4 Å². The Kier molecular flexibility index (Phi) is 4.74. The highest BCUT2D eigenvalue weighted by Gasteiger charge is 2.28. The molecular weight excluding hydrogens is 318 g/mol. The highest BCUT2D eigenvalue weighted by atomic mass is 15.4. The zero-order valence-electron chi connectivity index (χ0n) is 17.4. The van der Waals surface area contributed by atoms with Gasteiger partial charge in [-0.3, -0.25) is 0 Å². The number of hydrogen-bond donors (Lipinski definition) is 0. The quantitative estimate of drug-likeness (QED) is 0.756. The van der Waals surface area contributed by atoms with Crippen LogP contribution < -0.4 is 9.80 Å². The Labute approximate surface area is 158 Å². The molecule has 3 heteroatoms. The van der Waals surface area contributed by atoms with Gasteiger partial charge >= 0.3 is 0 Å². The largest absolute Gasteiger partial charge is 0.363 e. The molecular formula is C23H31N3. The van der Waals surface area contributed by atoms with Crippen molar-refractivity contribution in [3.05, 3.63) is 69.7 Å². The summed E-state index contributed by atoms with van der Waals surface area (Å²) in [6.45, 7) is 14.0. The van der Waals surface area contributed by atoms with Crippen LogP contribution in [0.5, 0.6) is 0 Å². The van der Waals surface area contributed by atoms with Crippen molar-refractivity contribution in [3.63, 3.8) is 0 Å². The molecule has 0 fully saturated rings. The van der Waals surface area contributed by atoms with E-state index in [2.05, 4.69) is 101 Å². The average Bonchev–Trinajstić information content (AvgIpc) is 2.89. The van der Waals surface area contributed by atoms with Crippen LogP contribution >= 0.6 is 0 Å². The van der Waals surface area contributed by atoms with Gasteiger partial charge in [-0.15, -0.1) is 0 Å². The Bertz CT molecular complexity index is 831. The molecule has 0 unspecified atom stereocenters. The van der Waals surface area contributed by atoms with Crippen LogP contribution in [0.3, 0.4) is 0 Å². The molecule has 0 saturated heterocycles. The molecule has 0 bridgehead atoms. The molecule has 0 atom stereocenters. The van der Waals surface area contributed by atoms with E-state index < -0.39 is 0 Å². The number of anilines is 2. The van der Waals surface area contributed by atoms with Crippen molar-refractivity contribution in [1.82, 2.24) is 4.90 Å². The third-order valence-electron chi connectivity index (χ3n) is 5.13. The van der Waals surface area contributed by atoms with Crippen LogP contribution in [0.2, 0.25) is 0 Å². The fourth-order valence-electron chi connectivity index (χ4n) is 4.38. The van der Waals surface area contributed by atoms with Crippen molar-refractivity contribution in [2.24, 2.45) is 0 Å². The van der Waals surface area contributed by atoms with Gasteiger partial charge in [0, 0.05) is 26.0 Å². The van der Waals surface area contributed by atoms with E-state index in [4.69, 9.17) is 0 Å². The molecule has 138 valence electrons. The van der Waals surface area contributed by atoms with E-state index in [1.165, 1.54) is 50.6 Å². The summed E-state index contributed by atoms with van der Waals surface area (Å²) >= 11 is 0. The second-order valence-corrected chi connectivity index (χ2v) is 7.92. The summed E-state index contributed by atoms with van der Waals surface area (Å²) in [7, 11) is 4.24. The van der Waals surface area contributed by atoms with Crippen molar-refractivity contribution in [3.8, 4) is 0 Å². The van der Waals surface area contributed by atoms with Crippen LogP contribution in [0, 0.1) is 41.5 Å². The monoisotopic (exact) mass is 349 g/mol. The van der Waals surface area contributed by atoms with Gasteiger partial charge in [0.1, 0.15) is 12.5 Å². The first-order valence-electron chi connectivity index (χ1n) is 9.28. The predicted octanol–water partition coefficient (Wildman–Crippen LogP) is 5.18. The second-order valence-electron chi connectivity index (χ2n) is 7.92. The lowest BCUT2D eigenvalue weighted by Crippen LogP contribution is -2.32. The Morgan fingerprint density at radius 1 is 0.692 bits per heavy atom. The van der Waals surface area contributed by atoms with Crippen LogP contribution in [0.15, 0.2) is 36.3 Å². The molecule has 0 N–H and O–H groups in total. The van der Waals surface area contributed by atoms with Gasteiger partial charge in [-0.2, -0.15) is 0 Å². The first-order chi connectivity index (χ1) is 12.2. The third-order valence-corrected chi connectivity index (χ3v) is 5.13. The van der Waals surface area contributed by atoms with Crippen LogP contribution in [-0.4, -0.2) is 25.7 Å². The van der Waals surface area contributed by atoms with Crippen molar-refractivity contribution in [2.75, 3.05) is 30.6 Å². The smallest absolute Gasteiger partial charge is 0.126 e. The number of nitrogens with zero attached hydrogens (tertiary/aromatic N) is 3. The van der Waals surface area contributed by atoms with Gasteiger partial charge in [0.25, 0.3) is 0 Å². The van der Waals surface area contributed by atoms with E-state index in [1.54, 1.807) is 0 Å². The fraction of sp³-hybridized carbons (Fsp3) is 0.391. The first kappa shape index (κ1) is 18.4. The maximum Gasteiger partial charge on any atom is 0.126 e. The molecule has 1 aliphatic rings. The minimum Gasteiger partial charge on any atom is -0.363 e. The molecule has 1 aliphatic heterocycles. The Morgan fingerprint density at radius 3 is 1.54 bits per heavy atom. The van der Waals surface area contributed by atoms with Crippen molar-refractivity contribution >= 4 is 11.4 Å². The molecule has 0 radical (unpaired) electrons. The topological polar surface area (TPSA) is 9.72 Å². The van der Waals surface area contributed by atoms with Gasteiger partial charge in [0.05, 0.1) is 5.69 Å². The lowest BCUT2D eigenvalue weighted by molar-refractivity contribution is 0.498. The molecule has 0 aromatic heterocycles. The molecule has 2 aromatic rings. The molecule has 0 saturated carbocycles. The van der Waals surface area contributed by atoms with Crippen molar-refractivity contribution in [1.29, 1.82) is 0 Å². The minimum atomic E-state index is 0.836. The van der Waals surface area contributed by atoms with Crippen LogP contribution in [-0.2, 0) is 0 Å². The maximum absolute atomic E-state index is 2.43. The third kappa shape index (κ3) is 3.18. The van der Waals surface area contributed by atoms with Crippen LogP contribution in [0.25, 0.3) is 0 Å². The van der Waals surface area contributed by atoms with Crippen LogP contribution in [0.1, 0.15) is 33.4 Å². The van der Waals surface area contributed by atoms with E-state index in [0.29, 0.717) is 0 Å². The maximum atomic E-state index is 2.43. The molecule has 3 nitrogen and oxygen atoms in total. The SMILES string of the molecule is Cc1cc(C)c(N2C=C(N(C)C)N(c3c(C)cc(C)cc3C)C2)c(C)c1. The van der Waals surface area contributed by atoms with Crippen molar-refractivity contribution in [2.45, 2.75) is 41.5 Å². The Morgan fingerprint density at radius 2 is 1.12 bits per heavy atom. The summed E-state index contributed by atoms with van der Waals surface area (Å²) < 4.78 is 0. The summed E-state index contributed by atoms with van der Waals surface area (Å²) in [4.78, 5) is 7.03. The van der Waals surface area contributed by atoms with Gasteiger partial charge in [0.15, 0.2) is 0 Å². The summed E-state index contributed by atoms with van der Waals surface area (Å²) in [5.74, 6) is 1.22. The van der Waals surface area contributed by atoms with Gasteiger partial charge in [-0.25, -0.2) is 0 Å². The first-order valence-corrected chi connectivity index (χ1v) is 9.28. The minimum absolute atomic E-state index is 0.836. The Balaban J connectivity index is 2.08. The van der Waals surface area contributed by atoms with E-state index in [0.717, 1.165) is 6.67 Å². The highest BCUT2D eigenvalue weighted by Crippen LogP contribution is 2.36. The molecule has 0 amide bonds. The molecule has 3 rings (SSSR count). The lowest BCUT2D eigenvalue weighted by Gasteiger charge is -2.30. The molecule has 0 aliphatic carbocycles. The number of rotatable bonds is 3. The summed E-state index contributed by atoms with van der Waals surface area (Å²) in [5, 5.41) is 0. The molecule has 26 heavy (non-hydrogen) atoms. The molecule has 1 heterocycles. The highest BCUT2D eigenvalue weighted by molar-refractivity contribution is 5.70. The normalized spacial score (nSPS) is 14.1. The van der Waals surface area contributed by atoms with E-state index in [-0.39, 0.29) is 0 Å². The Hall–Kier alpha value is -2.42. The second kappa shape index (κ2) is 6.71. The summed E-state index contributed by atoms with van der Waals surface area (Å²) in [5.41, 5.74) is 10.6. The fourth-order valence-corrected chi connectivity index (χ4v) is 4.38. The zero-order valence-corrected chi connectivity index (χ0v) is 17.4. The average molecular weight is 350 g/mol. The van der Waals surface area contributed by atoms with Gasteiger partial charge in [-0.05, 0) is 63.8 Å². The standard InChI is InChI=1S/C23H31N3/c1-15-9-17(3)22(18(4)10-15)25-13-21(24(7)8)26(14-25)23-19(5)11-16(2)12-20(23)6/h9-13H,14H2,1-8H3. The lowest BCUT2D eigenvalue weighted by atomic mass is 10.0. The zero-order chi connectivity index (χ0) is 19.2. The predicted molar refractivity (Wildman–Crippen MR) is 113 cm³/mol. The van der Waals surface area contributed by atoms with Gasteiger partial charge in [0.2, 0.25) is 0 Å². The molecule has 2 aromatic carbocycles. The van der Waals surface area contributed by atoms with Crippen molar-refractivity contribution < 1.29 is 0 Å². The summed E-state index contributed by atoms with van der Waals surface area (Å²) in [6.07, 6.45) is 2.28. The molecule has 0 spiro atoms. The van der Waals surface area contributed by atoms with Gasteiger partial charge < -0.3 is 14.7 Å². The summed E-state index contributed by atoms with van der Waals surface area (Å²) in [6, 6.07) is 9.11.